The molecule has 108 valence electrons. The van der Waals surface area contributed by atoms with Gasteiger partial charge in [0.05, 0.1) is 16.5 Å². The van der Waals surface area contributed by atoms with E-state index in [1.54, 1.807) is 0 Å². The minimum absolute atomic E-state index is 0.00725. The van der Waals surface area contributed by atoms with Gasteiger partial charge in [-0.3, -0.25) is 10.1 Å². The first kappa shape index (κ1) is 14.7. The van der Waals surface area contributed by atoms with Gasteiger partial charge in [0.1, 0.15) is 5.75 Å². The summed E-state index contributed by atoms with van der Waals surface area (Å²) in [7, 11) is 1.95. The van der Waals surface area contributed by atoms with Gasteiger partial charge in [-0.25, -0.2) is 4.79 Å². The van der Waals surface area contributed by atoms with Gasteiger partial charge in [-0.15, -0.1) is 0 Å². The van der Waals surface area contributed by atoms with Crippen LogP contribution in [0.2, 0.25) is 0 Å². The summed E-state index contributed by atoms with van der Waals surface area (Å²) in [6.07, 6.45) is 0. The van der Waals surface area contributed by atoms with E-state index >= 15 is 0 Å². The Hall–Kier alpha value is -1.70. The summed E-state index contributed by atoms with van der Waals surface area (Å²) in [5, 5.41) is 14.3. The van der Waals surface area contributed by atoms with Gasteiger partial charge >= 0.3 is 5.43 Å². The molecule has 0 amide bonds. The Labute approximate surface area is 120 Å². The number of carbonyl (C=O) groups excluding carboxylic acids is 1. The predicted molar refractivity (Wildman–Crippen MR) is 73.2 cm³/mol. The summed E-state index contributed by atoms with van der Waals surface area (Å²) in [6.45, 7) is 2.25. The maximum absolute atomic E-state index is 11.1. The minimum atomic E-state index is -0.974. The van der Waals surface area contributed by atoms with Crippen molar-refractivity contribution in [3.05, 3.63) is 33.9 Å². The van der Waals surface area contributed by atoms with E-state index in [0.717, 1.165) is 13.1 Å². The maximum atomic E-state index is 11.1. The molecule has 8 heteroatoms. The molecule has 1 heterocycles. The van der Waals surface area contributed by atoms with E-state index in [4.69, 9.17) is 16.3 Å². The van der Waals surface area contributed by atoms with Crippen LogP contribution in [-0.4, -0.2) is 41.9 Å². The van der Waals surface area contributed by atoms with Gasteiger partial charge in [0.2, 0.25) is 0 Å². The highest BCUT2D eigenvalue weighted by Gasteiger charge is 2.26. The van der Waals surface area contributed by atoms with Crippen LogP contribution >= 0.6 is 11.6 Å². The number of piperazine rings is 1. The van der Waals surface area contributed by atoms with Crippen LogP contribution < -0.4 is 10.1 Å². The molecule has 1 aliphatic heterocycles. The SMILES string of the molecule is CN1CCNC(c2cc(OC(=O)Cl)ccc2[N+](=O)[O-])C1. The second-order valence-electron chi connectivity index (χ2n) is 4.59. The second-order valence-corrected chi connectivity index (χ2v) is 4.89. The Morgan fingerprint density at radius 2 is 2.35 bits per heavy atom. The molecule has 0 saturated carbocycles. The maximum Gasteiger partial charge on any atom is 0.409 e. The van der Waals surface area contributed by atoms with Crippen molar-refractivity contribution < 1.29 is 14.5 Å². The third-order valence-corrected chi connectivity index (χ3v) is 3.22. The number of carbonyl (C=O) groups is 1. The molecule has 1 aromatic rings. The number of nitrogens with zero attached hydrogens (tertiary/aromatic N) is 2. The van der Waals surface area contributed by atoms with Crippen LogP contribution in [0.3, 0.4) is 0 Å². The average molecular weight is 300 g/mol. The molecule has 0 aliphatic carbocycles. The highest BCUT2D eigenvalue weighted by Crippen LogP contribution is 2.30. The molecular formula is C12H14ClN3O4. The van der Waals surface area contributed by atoms with Gasteiger partial charge < -0.3 is 15.0 Å². The molecule has 7 nitrogen and oxygen atoms in total. The lowest BCUT2D eigenvalue weighted by Crippen LogP contribution is -2.43. The highest BCUT2D eigenvalue weighted by molar-refractivity contribution is 6.61. The molecule has 1 saturated heterocycles. The Morgan fingerprint density at radius 1 is 1.60 bits per heavy atom. The molecule has 0 bridgehead atoms. The van der Waals surface area contributed by atoms with Gasteiger partial charge in [0, 0.05) is 37.3 Å². The van der Waals surface area contributed by atoms with Crippen molar-refractivity contribution in [2.24, 2.45) is 0 Å². The van der Waals surface area contributed by atoms with Gasteiger partial charge in [-0.1, -0.05) is 0 Å². The molecule has 2 rings (SSSR count). The molecular weight excluding hydrogens is 286 g/mol. The van der Waals surface area contributed by atoms with Crippen molar-refractivity contribution in [3.63, 3.8) is 0 Å². The lowest BCUT2D eigenvalue weighted by atomic mass is 10.0. The zero-order chi connectivity index (χ0) is 14.7. The number of likely N-dealkylation sites (N-methyl/N-ethyl adjacent to an activating group) is 1. The smallest absolute Gasteiger partial charge is 0.409 e. The van der Waals surface area contributed by atoms with Gasteiger partial charge in [-0.2, -0.15) is 0 Å². The number of rotatable bonds is 3. The Balaban J connectivity index is 2.35. The van der Waals surface area contributed by atoms with E-state index < -0.39 is 10.4 Å². The van der Waals surface area contributed by atoms with Crippen molar-refractivity contribution in [1.29, 1.82) is 0 Å². The first-order valence-corrected chi connectivity index (χ1v) is 6.42. The molecule has 1 aliphatic rings. The summed E-state index contributed by atoms with van der Waals surface area (Å²) in [6, 6.07) is 3.97. The first-order valence-electron chi connectivity index (χ1n) is 6.05. The Bertz CT molecular complexity index is 537. The topological polar surface area (TPSA) is 84.7 Å². The number of halogens is 1. The number of benzene rings is 1. The van der Waals surface area contributed by atoms with Crippen molar-refractivity contribution in [3.8, 4) is 5.75 Å². The average Bonchev–Trinajstić information content (AvgIpc) is 2.37. The van der Waals surface area contributed by atoms with E-state index in [0.29, 0.717) is 12.1 Å². The third kappa shape index (κ3) is 3.44. The monoisotopic (exact) mass is 299 g/mol. The molecule has 1 atom stereocenters. The minimum Gasteiger partial charge on any atom is -0.414 e. The Kier molecular flexibility index (Phi) is 4.53. The summed E-state index contributed by atoms with van der Waals surface area (Å²) < 4.78 is 4.77. The number of nitrogens with one attached hydrogen (secondary N) is 1. The van der Waals surface area contributed by atoms with E-state index in [-0.39, 0.29) is 17.5 Å². The first-order chi connectivity index (χ1) is 9.47. The zero-order valence-electron chi connectivity index (χ0n) is 10.8. The molecule has 0 aromatic heterocycles. The van der Waals surface area contributed by atoms with Gasteiger partial charge in [0.25, 0.3) is 5.69 Å². The lowest BCUT2D eigenvalue weighted by Gasteiger charge is -2.31. The van der Waals surface area contributed by atoms with Crippen LogP contribution in [-0.2, 0) is 0 Å². The van der Waals surface area contributed by atoms with Crippen molar-refractivity contribution in [2.75, 3.05) is 26.7 Å². The van der Waals surface area contributed by atoms with Crippen LogP contribution in [0.15, 0.2) is 18.2 Å². The summed E-state index contributed by atoms with van der Waals surface area (Å²) in [5.41, 5.74) is -0.498. The molecule has 1 N–H and O–H groups in total. The predicted octanol–water partition coefficient (Wildman–Crippen LogP) is 1.91. The third-order valence-electron chi connectivity index (χ3n) is 3.15. The van der Waals surface area contributed by atoms with Crippen LogP contribution in [0.1, 0.15) is 11.6 Å². The summed E-state index contributed by atoms with van der Waals surface area (Å²) in [4.78, 5) is 23.5. The molecule has 0 spiro atoms. The quantitative estimate of drug-likeness (QED) is 0.521. The summed E-state index contributed by atoms with van der Waals surface area (Å²) in [5.74, 6) is 0.195. The van der Waals surface area contributed by atoms with Crippen molar-refractivity contribution in [1.82, 2.24) is 10.2 Å². The fraction of sp³-hybridized carbons (Fsp3) is 0.417. The molecule has 20 heavy (non-hydrogen) atoms. The fourth-order valence-electron chi connectivity index (χ4n) is 2.24. The van der Waals surface area contributed by atoms with Gasteiger partial charge in [-0.05, 0) is 19.2 Å². The number of ether oxygens (including phenoxy) is 1. The number of hydrogen-bond acceptors (Lipinski definition) is 6. The van der Waals surface area contributed by atoms with Crippen LogP contribution in [0.4, 0.5) is 10.5 Å². The van der Waals surface area contributed by atoms with Crippen molar-refractivity contribution >= 4 is 22.7 Å². The Morgan fingerprint density at radius 3 is 2.95 bits per heavy atom. The zero-order valence-corrected chi connectivity index (χ0v) is 11.6. The summed E-state index contributed by atoms with van der Waals surface area (Å²) >= 11 is 5.16. The number of nitro benzene ring substituents is 1. The molecule has 0 radical (unpaired) electrons. The van der Waals surface area contributed by atoms with E-state index in [1.165, 1.54) is 18.2 Å². The molecule has 1 aromatic carbocycles. The lowest BCUT2D eigenvalue weighted by molar-refractivity contribution is -0.385. The van der Waals surface area contributed by atoms with Crippen LogP contribution in [0.25, 0.3) is 0 Å². The largest absolute Gasteiger partial charge is 0.414 e. The normalized spacial score (nSPS) is 19.6. The number of hydrogen-bond donors (Lipinski definition) is 1. The number of nitro groups is 1. The van der Waals surface area contributed by atoms with Gasteiger partial charge in [0.15, 0.2) is 0 Å². The van der Waals surface area contributed by atoms with E-state index in [2.05, 4.69) is 10.2 Å². The standard InChI is InChI=1S/C12H14ClN3O4/c1-15-5-4-14-10(7-15)9-6-8(20-12(13)17)2-3-11(9)16(18)19/h2-3,6,10,14H,4-5,7H2,1H3. The fourth-order valence-corrected chi connectivity index (χ4v) is 2.33. The van der Waals surface area contributed by atoms with Crippen LogP contribution in [0, 0.1) is 10.1 Å². The van der Waals surface area contributed by atoms with E-state index in [9.17, 15) is 14.9 Å². The molecule has 1 unspecified atom stereocenters. The van der Waals surface area contributed by atoms with Crippen molar-refractivity contribution in [2.45, 2.75) is 6.04 Å². The second kappa shape index (κ2) is 6.17. The van der Waals surface area contributed by atoms with Crippen LogP contribution in [0.5, 0.6) is 5.75 Å². The van der Waals surface area contributed by atoms with E-state index in [1.807, 2.05) is 7.05 Å². The highest BCUT2D eigenvalue weighted by atomic mass is 35.5. The molecule has 1 fully saturated rings.